The van der Waals surface area contributed by atoms with Crippen LogP contribution in [-0.2, 0) is 13.5 Å². The first-order valence-corrected chi connectivity index (χ1v) is 5.96. The molecule has 0 fully saturated rings. The minimum atomic E-state index is -0.502. The lowest BCUT2D eigenvalue weighted by Gasteiger charge is -2.07. The van der Waals surface area contributed by atoms with Crippen molar-refractivity contribution in [3.8, 4) is 0 Å². The highest BCUT2D eigenvalue weighted by Crippen LogP contribution is 2.28. The zero-order valence-electron chi connectivity index (χ0n) is 11.1. The van der Waals surface area contributed by atoms with Crippen LogP contribution in [0.2, 0.25) is 0 Å². The summed E-state index contributed by atoms with van der Waals surface area (Å²) in [6.45, 7) is 1.95. The predicted octanol–water partition coefficient (Wildman–Crippen LogP) is 1.31. The monoisotopic (exact) mass is 277 g/mol. The lowest BCUT2D eigenvalue weighted by molar-refractivity contribution is -0.384. The lowest BCUT2D eigenvalue weighted by atomic mass is 10.3. The SMILES string of the molecule is CCc1nn(C)cc1Nc1nc(NN)ccc1[N+](=O)[O-]. The molecule has 9 nitrogen and oxygen atoms in total. The van der Waals surface area contributed by atoms with Gasteiger partial charge in [0.2, 0.25) is 5.82 Å². The van der Waals surface area contributed by atoms with E-state index in [2.05, 4.69) is 20.8 Å². The standard InChI is InChI=1S/C11H15N7O2/c1-3-7-8(6-17(2)16-7)13-11-9(18(19)20)4-5-10(14-11)15-12/h4-6H,3,12H2,1-2H3,(H2,13,14,15). The zero-order valence-corrected chi connectivity index (χ0v) is 11.1. The van der Waals surface area contributed by atoms with Crippen LogP contribution in [0.1, 0.15) is 12.6 Å². The number of hydrogen-bond acceptors (Lipinski definition) is 7. The molecule has 0 aromatic carbocycles. The van der Waals surface area contributed by atoms with Crippen molar-refractivity contribution in [2.24, 2.45) is 12.9 Å². The van der Waals surface area contributed by atoms with E-state index < -0.39 is 4.92 Å². The van der Waals surface area contributed by atoms with Crippen LogP contribution >= 0.6 is 0 Å². The molecule has 106 valence electrons. The highest BCUT2D eigenvalue weighted by atomic mass is 16.6. The molecule has 0 saturated carbocycles. The molecule has 0 atom stereocenters. The molecule has 0 saturated heterocycles. The van der Waals surface area contributed by atoms with E-state index in [1.54, 1.807) is 17.9 Å². The molecule has 2 aromatic rings. The summed E-state index contributed by atoms with van der Waals surface area (Å²) in [5, 5.41) is 18.2. The fourth-order valence-corrected chi connectivity index (χ4v) is 1.80. The Hall–Kier alpha value is -2.68. The van der Waals surface area contributed by atoms with Crippen molar-refractivity contribution >= 4 is 23.0 Å². The van der Waals surface area contributed by atoms with Crippen molar-refractivity contribution in [3.63, 3.8) is 0 Å². The first kappa shape index (κ1) is 13.7. The average Bonchev–Trinajstić information content (AvgIpc) is 2.78. The van der Waals surface area contributed by atoms with Gasteiger partial charge in [-0.05, 0) is 12.5 Å². The van der Waals surface area contributed by atoms with Gasteiger partial charge < -0.3 is 10.7 Å². The zero-order chi connectivity index (χ0) is 14.7. The largest absolute Gasteiger partial charge is 0.332 e. The second kappa shape index (κ2) is 5.53. The number of hydrazine groups is 1. The smallest absolute Gasteiger partial charge is 0.311 e. The van der Waals surface area contributed by atoms with Gasteiger partial charge in [0.15, 0.2) is 0 Å². The molecule has 0 spiro atoms. The summed E-state index contributed by atoms with van der Waals surface area (Å²) >= 11 is 0. The van der Waals surface area contributed by atoms with E-state index in [4.69, 9.17) is 5.84 Å². The molecule has 0 aliphatic heterocycles. The van der Waals surface area contributed by atoms with Gasteiger partial charge in [-0.3, -0.25) is 14.8 Å². The summed E-state index contributed by atoms with van der Waals surface area (Å²) in [7, 11) is 1.78. The maximum atomic E-state index is 11.0. The van der Waals surface area contributed by atoms with Crippen LogP contribution in [0, 0.1) is 10.1 Å². The maximum absolute atomic E-state index is 11.0. The number of pyridine rings is 1. The summed E-state index contributed by atoms with van der Waals surface area (Å²) in [5.74, 6) is 5.72. The van der Waals surface area contributed by atoms with E-state index in [1.807, 2.05) is 6.92 Å². The number of aryl methyl sites for hydroxylation is 2. The summed E-state index contributed by atoms with van der Waals surface area (Å²) in [6.07, 6.45) is 2.44. The van der Waals surface area contributed by atoms with E-state index in [-0.39, 0.29) is 11.5 Å². The summed E-state index contributed by atoms with van der Waals surface area (Å²) < 4.78 is 1.64. The fraction of sp³-hybridized carbons (Fsp3) is 0.273. The summed E-state index contributed by atoms with van der Waals surface area (Å²) in [4.78, 5) is 14.6. The van der Waals surface area contributed by atoms with Crippen molar-refractivity contribution in [1.29, 1.82) is 0 Å². The predicted molar refractivity (Wildman–Crippen MR) is 74.6 cm³/mol. The summed E-state index contributed by atoms with van der Waals surface area (Å²) in [6, 6.07) is 2.78. The number of nitro groups is 1. The van der Waals surface area contributed by atoms with E-state index >= 15 is 0 Å². The van der Waals surface area contributed by atoms with Crippen molar-refractivity contribution < 1.29 is 4.92 Å². The Morgan fingerprint density at radius 1 is 1.50 bits per heavy atom. The molecule has 2 aromatic heterocycles. The first-order valence-electron chi connectivity index (χ1n) is 5.96. The molecule has 0 radical (unpaired) electrons. The molecule has 20 heavy (non-hydrogen) atoms. The van der Waals surface area contributed by atoms with Crippen molar-refractivity contribution in [1.82, 2.24) is 14.8 Å². The number of nitrogen functional groups attached to an aromatic ring is 1. The Morgan fingerprint density at radius 2 is 2.25 bits per heavy atom. The molecular formula is C11H15N7O2. The van der Waals surface area contributed by atoms with Crippen LogP contribution in [0.4, 0.5) is 23.0 Å². The molecule has 0 bridgehead atoms. The molecule has 0 aliphatic rings. The van der Waals surface area contributed by atoms with Crippen molar-refractivity contribution in [2.75, 3.05) is 10.7 Å². The molecule has 9 heteroatoms. The van der Waals surface area contributed by atoms with Crippen LogP contribution in [0.15, 0.2) is 18.3 Å². The van der Waals surface area contributed by atoms with Crippen LogP contribution in [-0.4, -0.2) is 19.7 Å². The van der Waals surface area contributed by atoms with Crippen molar-refractivity contribution in [2.45, 2.75) is 13.3 Å². The molecule has 4 N–H and O–H groups in total. The Balaban J connectivity index is 2.42. The Bertz CT molecular complexity index is 638. The molecule has 0 aliphatic carbocycles. The number of aromatic nitrogens is 3. The van der Waals surface area contributed by atoms with Gasteiger partial charge in [0.05, 0.1) is 16.3 Å². The van der Waals surface area contributed by atoms with Gasteiger partial charge in [0, 0.05) is 19.3 Å². The fourth-order valence-electron chi connectivity index (χ4n) is 1.80. The van der Waals surface area contributed by atoms with Crippen LogP contribution in [0.25, 0.3) is 0 Å². The van der Waals surface area contributed by atoms with Gasteiger partial charge in [-0.2, -0.15) is 5.10 Å². The Morgan fingerprint density at radius 3 is 2.85 bits per heavy atom. The molecule has 0 unspecified atom stereocenters. The van der Waals surface area contributed by atoms with Gasteiger partial charge in [-0.15, -0.1) is 0 Å². The van der Waals surface area contributed by atoms with Gasteiger partial charge >= 0.3 is 5.69 Å². The Labute approximate surface area is 114 Å². The molecule has 2 heterocycles. The third-order valence-electron chi connectivity index (χ3n) is 2.71. The van der Waals surface area contributed by atoms with E-state index in [9.17, 15) is 10.1 Å². The average molecular weight is 277 g/mol. The number of rotatable bonds is 5. The minimum absolute atomic E-state index is 0.119. The molecule has 0 amide bonds. The van der Waals surface area contributed by atoms with E-state index in [0.717, 1.165) is 5.69 Å². The molecular weight excluding hydrogens is 262 g/mol. The van der Waals surface area contributed by atoms with Gasteiger partial charge in [0.1, 0.15) is 5.82 Å². The van der Waals surface area contributed by atoms with Crippen LogP contribution in [0.3, 0.4) is 0 Å². The number of nitrogens with two attached hydrogens (primary N) is 1. The van der Waals surface area contributed by atoms with E-state index in [0.29, 0.717) is 17.9 Å². The van der Waals surface area contributed by atoms with Crippen LogP contribution < -0.4 is 16.6 Å². The lowest BCUT2D eigenvalue weighted by Crippen LogP contribution is -2.10. The van der Waals surface area contributed by atoms with Gasteiger partial charge in [-0.25, -0.2) is 10.8 Å². The van der Waals surface area contributed by atoms with Gasteiger partial charge in [-0.1, -0.05) is 6.92 Å². The minimum Gasteiger partial charge on any atom is -0.332 e. The highest BCUT2D eigenvalue weighted by Gasteiger charge is 2.18. The van der Waals surface area contributed by atoms with Crippen LogP contribution in [0.5, 0.6) is 0 Å². The maximum Gasteiger partial charge on any atom is 0.311 e. The second-order valence-corrected chi connectivity index (χ2v) is 4.11. The highest BCUT2D eigenvalue weighted by molar-refractivity contribution is 5.68. The third-order valence-corrected chi connectivity index (χ3v) is 2.71. The summed E-state index contributed by atoms with van der Waals surface area (Å²) in [5.41, 5.74) is 3.71. The topological polar surface area (TPSA) is 124 Å². The van der Waals surface area contributed by atoms with Crippen molar-refractivity contribution in [3.05, 3.63) is 34.1 Å². The van der Waals surface area contributed by atoms with E-state index in [1.165, 1.54) is 12.1 Å². The number of anilines is 3. The first-order chi connectivity index (χ1) is 9.55. The number of nitrogens with one attached hydrogen (secondary N) is 2. The number of hydrogen-bond donors (Lipinski definition) is 3. The molecule has 2 rings (SSSR count). The Kier molecular flexibility index (Phi) is 3.80. The number of nitrogens with zero attached hydrogens (tertiary/aromatic N) is 4. The quantitative estimate of drug-likeness (QED) is 0.427. The normalized spacial score (nSPS) is 10.3. The van der Waals surface area contributed by atoms with Gasteiger partial charge in [0.25, 0.3) is 0 Å². The third kappa shape index (κ3) is 2.67. The second-order valence-electron chi connectivity index (χ2n) is 4.11.